The van der Waals surface area contributed by atoms with Crippen molar-refractivity contribution in [3.05, 3.63) is 57.8 Å². The number of rotatable bonds is 2. The minimum atomic E-state index is 0.167. The lowest BCUT2D eigenvalue weighted by atomic mass is 10.0. The Morgan fingerprint density at radius 3 is 2.76 bits per heavy atom. The van der Waals surface area contributed by atoms with Gasteiger partial charge >= 0.3 is 0 Å². The Hall–Kier alpha value is -1.65. The Kier molecular flexibility index (Phi) is 3.28. The van der Waals surface area contributed by atoms with Gasteiger partial charge in [0.05, 0.1) is 0 Å². The molecule has 0 saturated carbocycles. The molecule has 2 aliphatic rings. The molecule has 1 aromatic heterocycles. The Bertz CT molecular complexity index is 646. The van der Waals surface area contributed by atoms with Gasteiger partial charge in [-0.3, -0.25) is 9.69 Å². The molecule has 0 N–H and O–H groups in total. The molecule has 0 unspecified atom stereocenters. The van der Waals surface area contributed by atoms with Crippen LogP contribution in [0.5, 0.6) is 0 Å². The van der Waals surface area contributed by atoms with E-state index in [1.54, 1.807) is 4.88 Å². The summed E-state index contributed by atoms with van der Waals surface area (Å²) in [5.41, 5.74) is 2.29. The van der Waals surface area contributed by atoms with Crippen molar-refractivity contribution in [2.45, 2.75) is 19.0 Å². The molecule has 0 spiro atoms. The quantitative estimate of drug-likeness (QED) is 0.851. The van der Waals surface area contributed by atoms with Gasteiger partial charge in [0, 0.05) is 42.7 Å². The van der Waals surface area contributed by atoms with Crippen LogP contribution in [0.4, 0.5) is 0 Å². The normalized spacial score (nSPS) is 19.1. The van der Waals surface area contributed by atoms with Crippen LogP contribution in [0.25, 0.3) is 0 Å². The molecule has 1 saturated heterocycles. The highest BCUT2D eigenvalue weighted by Crippen LogP contribution is 2.28. The number of hydrogen-bond acceptors (Lipinski definition) is 3. The summed E-state index contributed by atoms with van der Waals surface area (Å²) in [5, 5.41) is 2.19. The Morgan fingerprint density at radius 1 is 1.14 bits per heavy atom. The lowest BCUT2D eigenvalue weighted by Gasteiger charge is -2.46. The minimum Gasteiger partial charge on any atom is -0.335 e. The summed E-state index contributed by atoms with van der Waals surface area (Å²) in [7, 11) is 0. The number of amides is 1. The van der Waals surface area contributed by atoms with Crippen LogP contribution in [0.2, 0.25) is 0 Å². The van der Waals surface area contributed by atoms with Crippen LogP contribution < -0.4 is 0 Å². The van der Waals surface area contributed by atoms with Gasteiger partial charge in [0.1, 0.15) is 0 Å². The Labute approximate surface area is 128 Å². The number of carbonyl (C=O) groups excluding carboxylic acids is 1. The zero-order chi connectivity index (χ0) is 14.2. The van der Waals surface area contributed by atoms with Gasteiger partial charge in [0.15, 0.2) is 0 Å². The first-order valence-electron chi connectivity index (χ1n) is 7.45. The molecule has 3 heterocycles. The largest absolute Gasteiger partial charge is 0.335 e. The van der Waals surface area contributed by atoms with Crippen molar-refractivity contribution in [1.29, 1.82) is 0 Å². The molecular formula is C17H18N2OS. The summed E-state index contributed by atoms with van der Waals surface area (Å²) in [6, 6.07) is 12.4. The van der Waals surface area contributed by atoms with E-state index in [9.17, 15) is 4.79 Å². The van der Waals surface area contributed by atoms with E-state index in [4.69, 9.17) is 0 Å². The van der Waals surface area contributed by atoms with Gasteiger partial charge < -0.3 is 4.90 Å². The maximum atomic E-state index is 12.3. The van der Waals surface area contributed by atoms with Crippen molar-refractivity contribution < 1.29 is 4.79 Å². The van der Waals surface area contributed by atoms with Crippen LogP contribution in [-0.4, -0.2) is 41.4 Å². The van der Waals surface area contributed by atoms with Crippen molar-refractivity contribution in [2.75, 3.05) is 19.6 Å². The van der Waals surface area contributed by atoms with Gasteiger partial charge in [-0.05, 0) is 35.6 Å². The molecular weight excluding hydrogens is 280 g/mol. The Morgan fingerprint density at radius 2 is 1.95 bits per heavy atom. The first-order chi connectivity index (χ1) is 10.3. The molecule has 1 aromatic carbocycles. The lowest BCUT2D eigenvalue weighted by Crippen LogP contribution is -2.61. The highest BCUT2D eigenvalue weighted by atomic mass is 32.1. The monoisotopic (exact) mass is 298 g/mol. The minimum absolute atomic E-state index is 0.167. The maximum absolute atomic E-state index is 12.3. The molecule has 0 bridgehead atoms. The number of hydrogen-bond donors (Lipinski definition) is 0. The average Bonchev–Trinajstić information content (AvgIpc) is 2.94. The van der Waals surface area contributed by atoms with Crippen molar-refractivity contribution in [3.63, 3.8) is 0 Å². The second-order valence-corrected chi connectivity index (χ2v) is 6.82. The topological polar surface area (TPSA) is 23.6 Å². The van der Waals surface area contributed by atoms with E-state index < -0.39 is 0 Å². The number of fused-ring (bicyclic) bond motifs is 1. The van der Waals surface area contributed by atoms with Crippen LogP contribution in [0.15, 0.2) is 41.8 Å². The molecule has 2 aromatic rings. The zero-order valence-electron chi connectivity index (χ0n) is 11.9. The first kappa shape index (κ1) is 13.0. The fraction of sp³-hybridized carbons (Fsp3) is 0.353. The van der Waals surface area contributed by atoms with Crippen LogP contribution in [0.1, 0.15) is 20.8 Å². The summed E-state index contributed by atoms with van der Waals surface area (Å²) < 4.78 is 0. The standard InChI is InChI=1S/C17H18N2OS/c20-17(13-4-2-1-3-5-13)19-11-15(12-19)18-8-6-16-14(10-18)7-9-21-16/h1-5,7,9,15H,6,8,10-12H2. The van der Waals surface area contributed by atoms with Gasteiger partial charge in [-0.1, -0.05) is 18.2 Å². The number of likely N-dealkylation sites (tertiary alicyclic amines) is 1. The molecule has 2 aliphatic heterocycles. The molecule has 0 radical (unpaired) electrons. The van der Waals surface area contributed by atoms with Crippen molar-refractivity contribution >= 4 is 17.2 Å². The van der Waals surface area contributed by atoms with E-state index in [1.807, 2.05) is 46.6 Å². The summed E-state index contributed by atoms with van der Waals surface area (Å²) >= 11 is 1.88. The predicted octanol–water partition coefficient (Wildman–Crippen LogP) is 2.63. The third-order valence-electron chi connectivity index (χ3n) is 4.52. The third-order valence-corrected chi connectivity index (χ3v) is 5.55. The maximum Gasteiger partial charge on any atom is 0.253 e. The van der Waals surface area contributed by atoms with Crippen LogP contribution in [-0.2, 0) is 13.0 Å². The Balaban J connectivity index is 1.37. The summed E-state index contributed by atoms with van der Waals surface area (Å²) in [6.45, 7) is 3.92. The highest BCUT2D eigenvalue weighted by molar-refractivity contribution is 7.10. The fourth-order valence-corrected chi connectivity index (χ4v) is 4.09. The molecule has 1 amide bonds. The summed E-state index contributed by atoms with van der Waals surface area (Å²) in [5.74, 6) is 0.167. The number of nitrogens with zero attached hydrogens (tertiary/aromatic N) is 2. The van der Waals surface area contributed by atoms with E-state index in [0.717, 1.165) is 38.2 Å². The van der Waals surface area contributed by atoms with Gasteiger partial charge in [-0.25, -0.2) is 0 Å². The fourth-order valence-electron chi connectivity index (χ4n) is 3.20. The molecule has 108 valence electrons. The molecule has 21 heavy (non-hydrogen) atoms. The smallest absolute Gasteiger partial charge is 0.253 e. The number of thiophene rings is 1. The second kappa shape index (κ2) is 5.28. The second-order valence-electron chi connectivity index (χ2n) is 5.82. The van der Waals surface area contributed by atoms with Gasteiger partial charge in [0.2, 0.25) is 0 Å². The third kappa shape index (κ3) is 2.39. The van der Waals surface area contributed by atoms with Gasteiger partial charge in [0.25, 0.3) is 5.91 Å². The molecule has 0 atom stereocenters. The van der Waals surface area contributed by atoms with Crippen LogP contribution in [0, 0.1) is 0 Å². The van der Waals surface area contributed by atoms with Gasteiger partial charge in [-0.15, -0.1) is 11.3 Å². The van der Waals surface area contributed by atoms with Crippen molar-refractivity contribution in [3.8, 4) is 0 Å². The van der Waals surface area contributed by atoms with Gasteiger partial charge in [-0.2, -0.15) is 0 Å². The molecule has 3 nitrogen and oxygen atoms in total. The highest BCUT2D eigenvalue weighted by Gasteiger charge is 2.36. The SMILES string of the molecule is O=C(c1ccccc1)N1CC(N2CCc3sccc3C2)C1. The summed E-state index contributed by atoms with van der Waals surface area (Å²) in [4.78, 5) is 18.4. The zero-order valence-corrected chi connectivity index (χ0v) is 12.7. The van der Waals surface area contributed by atoms with Crippen LogP contribution >= 0.6 is 11.3 Å². The molecule has 4 rings (SSSR count). The molecule has 0 aliphatic carbocycles. The average molecular weight is 298 g/mol. The van der Waals surface area contributed by atoms with Crippen LogP contribution in [0.3, 0.4) is 0 Å². The summed E-state index contributed by atoms with van der Waals surface area (Å²) in [6.07, 6.45) is 1.16. The van der Waals surface area contributed by atoms with Crippen molar-refractivity contribution in [1.82, 2.24) is 9.80 Å². The molecule has 4 heteroatoms. The first-order valence-corrected chi connectivity index (χ1v) is 8.33. The number of carbonyl (C=O) groups is 1. The van der Waals surface area contributed by atoms with E-state index in [2.05, 4.69) is 16.3 Å². The number of benzene rings is 1. The van der Waals surface area contributed by atoms with Crippen molar-refractivity contribution in [2.24, 2.45) is 0 Å². The lowest BCUT2D eigenvalue weighted by molar-refractivity contribution is 0.0221. The van der Waals surface area contributed by atoms with E-state index in [1.165, 1.54) is 5.56 Å². The predicted molar refractivity (Wildman–Crippen MR) is 84.6 cm³/mol. The van der Waals surface area contributed by atoms with E-state index in [0.29, 0.717) is 6.04 Å². The molecule has 1 fully saturated rings. The van der Waals surface area contributed by atoms with E-state index >= 15 is 0 Å². The van der Waals surface area contributed by atoms with E-state index in [-0.39, 0.29) is 5.91 Å².